The quantitative estimate of drug-likeness (QED) is 0.889. The second-order valence-electron chi connectivity index (χ2n) is 4.67. The molecule has 1 aliphatic carbocycles. The van der Waals surface area contributed by atoms with Crippen LogP contribution in [-0.2, 0) is 0 Å². The maximum Gasteiger partial charge on any atom is 0.252 e. The van der Waals surface area contributed by atoms with Crippen molar-refractivity contribution >= 4 is 33.2 Å². The first-order valence-corrected chi connectivity index (χ1v) is 7.93. The molecular formula is C13H18BrNOS. The van der Waals surface area contributed by atoms with Gasteiger partial charge in [0.2, 0.25) is 0 Å². The highest BCUT2D eigenvalue weighted by Crippen LogP contribution is 2.27. The zero-order valence-electron chi connectivity index (χ0n) is 10.0. The summed E-state index contributed by atoms with van der Waals surface area (Å²) >= 11 is 4.95. The van der Waals surface area contributed by atoms with E-state index in [4.69, 9.17) is 0 Å². The zero-order chi connectivity index (χ0) is 12.3. The van der Waals surface area contributed by atoms with Gasteiger partial charge < -0.3 is 5.32 Å². The minimum atomic E-state index is 0.0808. The Hall–Kier alpha value is -0.350. The second-order valence-corrected chi connectivity index (χ2v) is 6.96. The molecule has 1 amide bonds. The molecule has 1 aliphatic rings. The fourth-order valence-electron chi connectivity index (χ4n) is 2.57. The molecule has 1 heterocycles. The molecule has 0 radical (unpaired) electrons. The highest BCUT2D eigenvalue weighted by Gasteiger charge is 2.25. The summed E-state index contributed by atoms with van der Waals surface area (Å²) < 4.78 is 1.01. The highest BCUT2D eigenvalue weighted by atomic mass is 79.9. The smallest absolute Gasteiger partial charge is 0.252 e. The third-order valence-corrected chi connectivity index (χ3v) is 5.08. The van der Waals surface area contributed by atoms with E-state index in [0.717, 1.165) is 22.2 Å². The van der Waals surface area contributed by atoms with Gasteiger partial charge in [-0.15, -0.1) is 11.3 Å². The zero-order valence-corrected chi connectivity index (χ0v) is 12.4. The van der Waals surface area contributed by atoms with Crippen molar-refractivity contribution in [3.8, 4) is 0 Å². The molecular weight excluding hydrogens is 298 g/mol. The number of thiophene rings is 1. The van der Waals surface area contributed by atoms with Crippen LogP contribution < -0.4 is 5.32 Å². The molecule has 0 bridgehead atoms. The molecule has 1 aromatic heterocycles. The van der Waals surface area contributed by atoms with Gasteiger partial charge >= 0.3 is 0 Å². The maximum absolute atomic E-state index is 12.1. The third kappa shape index (κ3) is 3.32. The molecule has 0 aliphatic heterocycles. The van der Waals surface area contributed by atoms with E-state index in [2.05, 4.69) is 28.2 Å². The van der Waals surface area contributed by atoms with E-state index < -0.39 is 0 Å². The summed E-state index contributed by atoms with van der Waals surface area (Å²) in [7, 11) is 0. The Morgan fingerprint density at radius 2 is 2.29 bits per heavy atom. The van der Waals surface area contributed by atoms with Crippen LogP contribution in [0.3, 0.4) is 0 Å². The van der Waals surface area contributed by atoms with E-state index >= 15 is 0 Å². The van der Waals surface area contributed by atoms with E-state index in [-0.39, 0.29) is 5.91 Å². The Balaban J connectivity index is 1.97. The van der Waals surface area contributed by atoms with Crippen molar-refractivity contribution in [3.63, 3.8) is 0 Å². The molecule has 1 N–H and O–H groups in total. The Labute approximate surface area is 115 Å². The summed E-state index contributed by atoms with van der Waals surface area (Å²) in [5.41, 5.74) is 0.780. The number of nitrogens with one attached hydrogen (secondary N) is 1. The molecule has 0 saturated heterocycles. The van der Waals surface area contributed by atoms with Crippen molar-refractivity contribution in [2.45, 2.75) is 45.1 Å². The van der Waals surface area contributed by atoms with Gasteiger partial charge in [0.1, 0.15) is 0 Å². The molecule has 4 heteroatoms. The van der Waals surface area contributed by atoms with Crippen molar-refractivity contribution in [1.29, 1.82) is 0 Å². The van der Waals surface area contributed by atoms with Crippen LogP contribution in [0.15, 0.2) is 15.2 Å². The predicted octanol–water partition coefficient (Wildman–Crippen LogP) is 4.21. The topological polar surface area (TPSA) is 29.1 Å². The largest absolute Gasteiger partial charge is 0.349 e. The van der Waals surface area contributed by atoms with Crippen LogP contribution in [0.1, 0.15) is 49.4 Å². The minimum absolute atomic E-state index is 0.0808. The Morgan fingerprint density at radius 1 is 1.53 bits per heavy atom. The van der Waals surface area contributed by atoms with Crippen LogP contribution >= 0.6 is 27.3 Å². The fraction of sp³-hybridized carbons (Fsp3) is 0.615. The summed E-state index contributed by atoms with van der Waals surface area (Å²) in [5, 5.41) is 5.10. The van der Waals surface area contributed by atoms with Gasteiger partial charge in [-0.25, -0.2) is 0 Å². The predicted molar refractivity (Wildman–Crippen MR) is 75.5 cm³/mol. The van der Waals surface area contributed by atoms with Gasteiger partial charge in [0.25, 0.3) is 5.91 Å². The van der Waals surface area contributed by atoms with Gasteiger partial charge in [-0.1, -0.05) is 26.2 Å². The lowest BCUT2D eigenvalue weighted by Gasteiger charge is -2.31. The Bertz CT molecular complexity index is 391. The SMILES string of the molecule is CCC1CCCCC1NC(=O)c1csc(Br)c1. The Kier molecular flexibility index (Phi) is 4.62. The lowest BCUT2D eigenvalue weighted by atomic mass is 9.83. The van der Waals surface area contributed by atoms with Crippen molar-refractivity contribution in [1.82, 2.24) is 5.32 Å². The van der Waals surface area contributed by atoms with E-state index in [0.29, 0.717) is 12.0 Å². The molecule has 2 unspecified atom stereocenters. The van der Waals surface area contributed by atoms with Crippen LogP contribution in [0.2, 0.25) is 0 Å². The number of hydrogen-bond donors (Lipinski definition) is 1. The molecule has 17 heavy (non-hydrogen) atoms. The lowest BCUT2D eigenvalue weighted by molar-refractivity contribution is 0.0905. The number of carbonyl (C=O) groups is 1. The van der Waals surface area contributed by atoms with E-state index in [1.54, 1.807) is 11.3 Å². The summed E-state index contributed by atoms with van der Waals surface area (Å²) in [4.78, 5) is 12.1. The van der Waals surface area contributed by atoms with Crippen molar-refractivity contribution in [2.24, 2.45) is 5.92 Å². The normalized spacial score (nSPS) is 24.6. The molecule has 0 aromatic carbocycles. The summed E-state index contributed by atoms with van der Waals surface area (Å²) in [6, 6.07) is 2.27. The van der Waals surface area contributed by atoms with Crippen molar-refractivity contribution in [2.75, 3.05) is 0 Å². The number of carbonyl (C=O) groups excluding carboxylic acids is 1. The van der Waals surface area contributed by atoms with Crippen molar-refractivity contribution < 1.29 is 4.79 Å². The molecule has 0 spiro atoms. The first-order chi connectivity index (χ1) is 8.20. The molecule has 1 aromatic rings. The fourth-order valence-corrected chi connectivity index (χ4v) is 3.70. The van der Waals surface area contributed by atoms with Gasteiger partial charge in [-0.2, -0.15) is 0 Å². The van der Waals surface area contributed by atoms with Crippen LogP contribution in [0, 0.1) is 5.92 Å². The first-order valence-electron chi connectivity index (χ1n) is 6.25. The van der Waals surface area contributed by atoms with Gasteiger partial charge in [0.15, 0.2) is 0 Å². The maximum atomic E-state index is 12.1. The van der Waals surface area contributed by atoms with Gasteiger partial charge in [0.05, 0.1) is 9.35 Å². The molecule has 1 fully saturated rings. The standard InChI is InChI=1S/C13H18BrNOS/c1-2-9-5-3-4-6-11(9)15-13(16)10-7-12(14)17-8-10/h7-9,11H,2-6H2,1H3,(H,15,16). The molecule has 2 nitrogen and oxygen atoms in total. The summed E-state index contributed by atoms with van der Waals surface area (Å²) in [6.45, 7) is 2.22. The number of amides is 1. The average molecular weight is 316 g/mol. The van der Waals surface area contributed by atoms with Crippen LogP contribution in [0.25, 0.3) is 0 Å². The van der Waals surface area contributed by atoms with E-state index in [9.17, 15) is 4.79 Å². The first kappa shape index (κ1) is 13.1. The third-order valence-electron chi connectivity index (χ3n) is 3.58. The van der Waals surface area contributed by atoms with Gasteiger partial charge in [-0.3, -0.25) is 4.79 Å². The van der Waals surface area contributed by atoms with Crippen LogP contribution in [0.5, 0.6) is 0 Å². The van der Waals surface area contributed by atoms with E-state index in [1.807, 2.05) is 11.4 Å². The average Bonchev–Trinajstić information content (AvgIpc) is 2.77. The van der Waals surface area contributed by atoms with Gasteiger partial charge in [-0.05, 0) is 40.8 Å². The second kappa shape index (κ2) is 6.01. The molecule has 1 saturated carbocycles. The monoisotopic (exact) mass is 315 g/mol. The summed E-state index contributed by atoms with van der Waals surface area (Å²) in [6.07, 6.45) is 6.12. The number of halogens is 1. The molecule has 2 rings (SSSR count). The van der Waals surface area contributed by atoms with E-state index in [1.165, 1.54) is 19.3 Å². The summed E-state index contributed by atoms with van der Waals surface area (Å²) in [5.74, 6) is 0.743. The minimum Gasteiger partial charge on any atom is -0.349 e. The number of rotatable bonds is 3. The van der Waals surface area contributed by atoms with Gasteiger partial charge in [0, 0.05) is 11.4 Å². The van der Waals surface area contributed by atoms with Crippen LogP contribution in [-0.4, -0.2) is 11.9 Å². The lowest BCUT2D eigenvalue weighted by Crippen LogP contribution is -2.41. The Morgan fingerprint density at radius 3 is 2.94 bits per heavy atom. The molecule has 2 atom stereocenters. The number of hydrogen-bond acceptors (Lipinski definition) is 2. The van der Waals surface area contributed by atoms with Crippen LogP contribution in [0.4, 0.5) is 0 Å². The highest BCUT2D eigenvalue weighted by molar-refractivity contribution is 9.11. The molecule has 94 valence electrons. The van der Waals surface area contributed by atoms with Crippen molar-refractivity contribution in [3.05, 3.63) is 20.8 Å².